The second-order valence-corrected chi connectivity index (χ2v) is 6.77. The van der Waals surface area contributed by atoms with Crippen molar-refractivity contribution in [1.82, 2.24) is 10.6 Å². The van der Waals surface area contributed by atoms with Crippen LogP contribution in [0.3, 0.4) is 0 Å². The fourth-order valence-corrected chi connectivity index (χ4v) is 2.79. The second-order valence-electron chi connectivity index (χ2n) is 6.77. The molecule has 1 rings (SSSR count). The first-order valence-electron chi connectivity index (χ1n) is 10.1. The summed E-state index contributed by atoms with van der Waals surface area (Å²) in [7, 11) is 0. The summed E-state index contributed by atoms with van der Waals surface area (Å²) < 4.78 is 5.27. The number of hydrogen-bond acceptors (Lipinski definition) is 3. The zero-order valence-corrected chi connectivity index (χ0v) is 16.5. The summed E-state index contributed by atoms with van der Waals surface area (Å²) in [5, 5.41) is 13.5. The Kier molecular flexibility index (Phi) is 12.6. The van der Waals surface area contributed by atoms with Crippen molar-refractivity contribution in [3.05, 3.63) is 29.8 Å². The first-order valence-corrected chi connectivity index (χ1v) is 10.1. The largest absolute Gasteiger partial charge is 0.465 e. The highest BCUT2D eigenvalue weighted by molar-refractivity contribution is 5.70. The van der Waals surface area contributed by atoms with E-state index in [2.05, 4.69) is 17.6 Å². The van der Waals surface area contributed by atoms with Gasteiger partial charge < -0.3 is 20.5 Å². The molecule has 0 atom stereocenters. The minimum atomic E-state index is -0.987. The molecule has 6 nitrogen and oxygen atoms in total. The molecule has 0 radical (unpaired) electrons. The summed E-state index contributed by atoms with van der Waals surface area (Å²) in [6.07, 6.45) is 9.51. The molecule has 3 N–H and O–H groups in total. The van der Waals surface area contributed by atoms with E-state index in [0.29, 0.717) is 18.8 Å². The highest BCUT2D eigenvalue weighted by Gasteiger charge is 2.04. The van der Waals surface area contributed by atoms with Crippen molar-refractivity contribution in [3.8, 4) is 5.75 Å². The highest BCUT2D eigenvalue weighted by atomic mass is 16.6. The predicted octanol–water partition coefficient (Wildman–Crippen LogP) is 5.12. The fourth-order valence-electron chi connectivity index (χ4n) is 2.79. The molecule has 27 heavy (non-hydrogen) atoms. The standard InChI is InChI=1S/C21H34N2O4/c1-2-3-4-5-8-11-18-12-14-19(15-13-18)27-21(26)23-17-10-7-6-9-16-22-20(24)25/h12-15,22H,2-11,16-17H2,1H3,(H,23,26)(H,24,25). The normalized spacial score (nSPS) is 10.4. The number of carbonyl (C=O) groups excluding carboxylic acids is 1. The van der Waals surface area contributed by atoms with E-state index in [1.807, 2.05) is 24.3 Å². The van der Waals surface area contributed by atoms with Crippen molar-refractivity contribution in [2.75, 3.05) is 13.1 Å². The lowest BCUT2D eigenvalue weighted by molar-refractivity contribution is 0.194. The lowest BCUT2D eigenvalue weighted by atomic mass is 10.1. The van der Waals surface area contributed by atoms with E-state index in [1.165, 1.54) is 37.7 Å². The minimum Gasteiger partial charge on any atom is -0.465 e. The van der Waals surface area contributed by atoms with E-state index in [1.54, 1.807) is 0 Å². The Labute approximate surface area is 162 Å². The molecule has 0 unspecified atom stereocenters. The highest BCUT2D eigenvalue weighted by Crippen LogP contribution is 2.15. The smallest absolute Gasteiger partial charge is 0.412 e. The SMILES string of the molecule is CCCCCCCc1ccc(OC(=O)NCCCCCCNC(=O)O)cc1. The molecule has 1 aromatic carbocycles. The van der Waals surface area contributed by atoms with Crippen LogP contribution in [0.15, 0.2) is 24.3 Å². The van der Waals surface area contributed by atoms with Crippen molar-refractivity contribution in [3.63, 3.8) is 0 Å². The summed E-state index contributed by atoms with van der Waals surface area (Å²) in [5.74, 6) is 0.557. The third-order valence-corrected chi connectivity index (χ3v) is 4.35. The maximum atomic E-state index is 11.8. The molecule has 0 saturated carbocycles. The minimum absolute atomic E-state index is 0.435. The molecule has 0 fully saturated rings. The van der Waals surface area contributed by atoms with Gasteiger partial charge >= 0.3 is 12.2 Å². The van der Waals surface area contributed by atoms with Crippen LogP contribution in [-0.4, -0.2) is 30.4 Å². The maximum absolute atomic E-state index is 11.8. The van der Waals surface area contributed by atoms with Gasteiger partial charge in [-0.3, -0.25) is 0 Å². The molecule has 0 spiro atoms. The second kappa shape index (κ2) is 14.9. The number of nitrogens with one attached hydrogen (secondary N) is 2. The third kappa shape index (κ3) is 12.7. The maximum Gasteiger partial charge on any atom is 0.412 e. The molecular formula is C21H34N2O4. The van der Waals surface area contributed by atoms with Crippen molar-refractivity contribution < 1.29 is 19.4 Å². The number of benzene rings is 1. The summed E-state index contributed by atoms with van der Waals surface area (Å²) in [6.45, 7) is 3.25. The summed E-state index contributed by atoms with van der Waals surface area (Å²) >= 11 is 0. The van der Waals surface area contributed by atoms with Gasteiger partial charge in [0.1, 0.15) is 5.75 Å². The van der Waals surface area contributed by atoms with Crippen molar-refractivity contribution in [2.24, 2.45) is 0 Å². The molecule has 1 aromatic rings. The summed E-state index contributed by atoms with van der Waals surface area (Å²) in [4.78, 5) is 22.1. The van der Waals surface area contributed by atoms with E-state index in [0.717, 1.165) is 32.1 Å². The Balaban J connectivity index is 2.08. The van der Waals surface area contributed by atoms with Crippen molar-refractivity contribution in [2.45, 2.75) is 71.1 Å². The van der Waals surface area contributed by atoms with Crippen LogP contribution in [0.25, 0.3) is 0 Å². The molecule has 0 aliphatic carbocycles. The quantitative estimate of drug-likeness (QED) is 0.392. The molecule has 0 saturated heterocycles. The van der Waals surface area contributed by atoms with E-state index in [9.17, 15) is 9.59 Å². The molecule has 0 aliphatic rings. The first-order chi connectivity index (χ1) is 13.1. The molecule has 0 aromatic heterocycles. The molecular weight excluding hydrogens is 344 g/mol. The average molecular weight is 379 g/mol. The van der Waals surface area contributed by atoms with Gasteiger partial charge in [-0.25, -0.2) is 9.59 Å². The topological polar surface area (TPSA) is 87.7 Å². The number of carbonyl (C=O) groups is 2. The van der Waals surface area contributed by atoms with Crippen LogP contribution in [0.4, 0.5) is 9.59 Å². The van der Waals surface area contributed by atoms with Crippen LogP contribution in [0.5, 0.6) is 5.75 Å². The van der Waals surface area contributed by atoms with Crippen molar-refractivity contribution >= 4 is 12.2 Å². The molecule has 0 heterocycles. The van der Waals surface area contributed by atoms with Gasteiger partial charge in [0.25, 0.3) is 0 Å². The number of unbranched alkanes of at least 4 members (excludes halogenated alkanes) is 7. The zero-order chi connectivity index (χ0) is 19.7. The predicted molar refractivity (Wildman–Crippen MR) is 107 cm³/mol. The number of rotatable bonds is 14. The number of amides is 2. The zero-order valence-electron chi connectivity index (χ0n) is 16.5. The van der Waals surface area contributed by atoms with E-state index in [-0.39, 0.29) is 0 Å². The summed E-state index contributed by atoms with van der Waals surface area (Å²) in [5.41, 5.74) is 1.27. The molecule has 6 heteroatoms. The Morgan fingerprint density at radius 2 is 1.44 bits per heavy atom. The molecule has 0 bridgehead atoms. The van der Waals surface area contributed by atoms with Crippen LogP contribution in [0.2, 0.25) is 0 Å². The first kappa shape index (κ1) is 22.8. The van der Waals surface area contributed by atoms with Crippen molar-refractivity contribution in [1.29, 1.82) is 0 Å². The lowest BCUT2D eigenvalue weighted by Crippen LogP contribution is -2.27. The molecule has 2 amide bonds. The van der Waals surface area contributed by atoms with Gasteiger partial charge in [0.15, 0.2) is 0 Å². The summed E-state index contributed by atoms with van der Waals surface area (Å²) in [6, 6.07) is 7.73. The Morgan fingerprint density at radius 3 is 2.07 bits per heavy atom. The average Bonchev–Trinajstić information content (AvgIpc) is 2.65. The van der Waals surface area contributed by atoms with Gasteiger partial charge in [-0.1, -0.05) is 57.6 Å². The third-order valence-electron chi connectivity index (χ3n) is 4.35. The monoisotopic (exact) mass is 378 g/mol. The van der Waals surface area contributed by atoms with Gasteiger partial charge in [-0.05, 0) is 43.4 Å². The van der Waals surface area contributed by atoms with Gasteiger partial charge in [-0.15, -0.1) is 0 Å². The Bertz CT molecular complexity index is 531. The van der Waals surface area contributed by atoms with Crippen LogP contribution < -0.4 is 15.4 Å². The molecule has 152 valence electrons. The van der Waals surface area contributed by atoms with Crippen LogP contribution >= 0.6 is 0 Å². The van der Waals surface area contributed by atoms with Crippen LogP contribution in [0.1, 0.15) is 70.3 Å². The van der Waals surface area contributed by atoms with Gasteiger partial charge in [0.2, 0.25) is 0 Å². The van der Waals surface area contributed by atoms with Crippen LogP contribution in [0, 0.1) is 0 Å². The van der Waals surface area contributed by atoms with E-state index < -0.39 is 12.2 Å². The lowest BCUT2D eigenvalue weighted by Gasteiger charge is -2.08. The number of ether oxygens (including phenoxy) is 1. The van der Waals surface area contributed by atoms with Crippen LogP contribution in [-0.2, 0) is 6.42 Å². The van der Waals surface area contributed by atoms with E-state index >= 15 is 0 Å². The Morgan fingerprint density at radius 1 is 0.852 bits per heavy atom. The van der Waals surface area contributed by atoms with Gasteiger partial charge in [-0.2, -0.15) is 0 Å². The number of aryl methyl sites for hydroxylation is 1. The van der Waals surface area contributed by atoms with Gasteiger partial charge in [0.05, 0.1) is 0 Å². The van der Waals surface area contributed by atoms with E-state index in [4.69, 9.17) is 9.84 Å². The van der Waals surface area contributed by atoms with Gasteiger partial charge in [0, 0.05) is 13.1 Å². The fraction of sp³-hybridized carbons (Fsp3) is 0.619. The Hall–Kier alpha value is -2.24. The number of carboxylic acid groups (broad SMARTS) is 1. The molecule has 0 aliphatic heterocycles. The number of hydrogen-bond donors (Lipinski definition) is 3.